The van der Waals surface area contributed by atoms with E-state index in [2.05, 4.69) is 10.5 Å². The molecule has 1 amide bonds. The Labute approximate surface area is 148 Å². The minimum atomic E-state index is -1.05. The lowest BCUT2D eigenvalue weighted by atomic mass is 10.2. The van der Waals surface area contributed by atoms with E-state index in [1.165, 1.54) is 6.07 Å². The number of aryl methyl sites for hydroxylation is 2. The van der Waals surface area contributed by atoms with Crippen LogP contribution in [0.15, 0.2) is 47.0 Å². The standard InChI is InChI=1S/C19H16F2N2O3/c1-11-4-3-5-14(8-11)25-10-15-12(2)26-23-18(15)19(24)22-13-6-7-16(20)17(21)9-13/h3-9H,10H2,1-2H3,(H,22,24). The second-order valence-corrected chi connectivity index (χ2v) is 5.75. The molecule has 1 heterocycles. The first-order valence-electron chi connectivity index (χ1n) is 7.85. The van der Waals surface area contributed by atoms with Gasteiger partial charge in [-0.1, -0.05) is 17.3 Å². The number of ether oxygens (including phenoxy) is 1. The van der Waals surface area contributed by atoms with Gasteiger partial charge in [0, 0.05) is 11.8 Å². The van der Waals surface area contributed by atoms with Crippen LogP contribution in [0.1, 0.15) is 27.4 Å². The number of carbonyl (C=O) groups is 1. The average Bonchev–Trinajstić information content (AvgIpc) is 2.97. The Hall–Kier alpha value is -3.22. The molecule has 134 valence electrons. The molecular formula is C19H16F2N2O3. The average molecular weight is 358 g/mol. The van der Waals surface area contributed by atoms with Crippen molar-refractivity contribution in [1.29, 1.82) is 0 Å². The van der Waals surface area contributed by atoms with Gasteiger partial charge in [-0.2, -0.15) is 0 Å². The summed E-state index contributed by atoms with van der Waals surface area (Å²) in [5, 5.41) is 6.21. The summed E-state index contributed by atoms with van der Waals surface area (Å²) in [4.78, 5) is 12.4. The van der Waals surface area contributed by atoms with Crippen LogP contribution in [0.5, 0.6) is 5.75 Å². The highest BCUT2D eigenvalue weighted by Gasteiger charge is 2.21. The summed E-state index contributed by atoms with van der Waals surface area (Å²) in [6, 6.07) is 10.6. The highest BCUT2D eigenvalue weighted by Crippen LogP contribution is 2.20. The Kier molecular flexibility index (Phi) is 4.97. The second kappa shape index (κ2) is 7.35. The smallest absolute Gasteiger partial charge is 0.278 e. The molecule has 1 aromatic heterocycles. The Morgan fingerprint density at radius 1 is 1.15 bits per heavy atom. The summed E-state index contributed by atoms with van der Waals surface area (Å²) in [5.74, 6) is -1.56. The number of halogens is 2. The first-order chi connectivity index (χ1) is 12.4. The molecule has 0 aliphatic carbocycles. The molecule has 5 nitrogen and oxygen atoms in total. The van der Waals surface area contributed by atoms with Gasteiger partial charge in [0.1, 0.15) is 18.1 Å². The minimum Gasteiger partial charge on any atom is -0.489 e. The van der Waals surface area contributed by atoms with Gasteiger partial charge < -0.3 is 14.6 Å². The predicted molar refractivity (Wildman–Crippen MR) is 91.1 cm³/mol. The van der Waals surface area contributed by atoms with E-state index in [4.69, 9.17) is 9.26 Å². The Morgan fingerprint density at radius 2 is 1.96 bits per heavy atom. The van der Waals surface area contributed by atoms with E-state index in [1.807, 2.05) is 25.1 Å². The molecule has 1 N–H and O–H groups in total. The zero-order valence-corrected chi connectivity index (χ0v) is 14.2. The number of rotatable bonds is 5. The number of nitrogens with one attached hydrogen (secondary N) is 1. The molecule has 0 aliphatic rings. The van der Waals surface area contributed by atoms with E-state index in [1.54, 1.807) is 13.0 Å². The predicted octanol–water partition coefficient (Wildman–Crippen LogP) is 4.40. The van der Waals surface area contributed by atoms with E-state index in [0.29, 0.717) is 17.1 Å². The quantitative estimate of drug-likeness (QED) is 0.734. The third-order valence-electron chi connectivity index (χ3n) is 3.75. The summed E-state index contributed by atoms with van der Waals surface area (Å²) >= 11 is 0. The van der Waals surface area contributed by atoms with Crippen molar-refractivity contribution in [2.24, 2.45) is 0 Å². The molecule has 0 atom stereocenters. The van der Waals surface area contributed by atoms with Gasteiger partial charge in [-0.25, -0.2) is 8.78 Å². The fraction of sp³-hybridized carbons (Fsp3) is 0.158. The van der Waals surface area contributed by atoms with E-state index in [9.17, 15) is 13.6 Å². The maximum atomic E-state index is 13.3. The van der Waals surface area contributed by atoms with Crippen molar-refractivity contribution in [2.75, 3.05) is 5.32 Å². The van der Waals surface area contributed by atoms with E-state index in [0.717, 1.165) is 17.7 Å². The Bertz CT molecular complexity index is 954. The lowest BCUT2D eigenvalue weighted by Gasteiger charge is -2.08. The molecule has 0 bridgehead atoms. The normalized spacial score (nSPS) is 10.6. The number of benzene rings is 2. The topological polar surface area (TPSA) is 64.4 Å². The summed E-state index contributed by atoms with van der Waals surface area (Å²) in [7, 11) is 0. The molecule has 0 spiro atoms. The largest absolute Gasteiger partial charge is 0.489 e. The number of hydrogen-bond donors (Lipinski definition) is 1. The van der Waals surface area contributed by atoms with Crippen molar-refractivity contribution in [3.05, 3.63) is 76.7 Å². The van der Waals surface area contributed by atoms with Crippen LogP contribution in [0, 0.1) is 25.5 Å². The van der Waals surface area contributed by atoms with Crippen LogP contribution in [0.2, 0.25) is 0 Å². The highest BCUT2D eigenvalue weighted by molar-refractivity contribution is 6.03. The molecule has 3 aromatic rings. The fourth-order valence-corrected chi connectivity index (χ4v) is 2.36. The fourth-order valence-electron chi connectivity index (χ4n) is 2.36. The number of amides is 1. The lowest BCUT2D eigenvalue weighted by Crippen LogP contribution is -2.15. The van der Waals surface area contributed by atoms with Crippen LogP contribution in [0.25, 0.3) is 0 Å². The van der Waals surface area contributed by atoms with Gasteiger partial charge in [0.2, 0.25) is 0 Å². The summed E-state index contributed by atoms with van der Waals surface area (Å²) in [6.07, 6.45) is 0. The number of aromatic nitrogens is 1. The van der Waals surface area contributed by atoms with Gasteiger partial charge in [-0.05, 0) is 43.7 Å². The maximum absolute atomic E-state index is 13.3. The van der Waals surface area contributed by atoms with Gasteiger partial charge >= 0.3 is 0 Å². The Balaban J connectivity index is 1.76. The van der Waals surface area contributed by atoms with Crippen molar-refractivity contribution < 1.29 is 22.8 Å². The monoisotopic (exact) mass is 358 g/mol. The van der Waals surface area contributed by atoms with Crippen LogP contribution in [0.4, 0.5) is 14.5 Å². The minimum absolute atomic E-state index is 0.0277. The maximum Gasteiger partial charge on any atom is 0.278 e. The molecule has 0 radical (unpaired) electrons. The number of nitrogens with zero attached hydrogens (tertiary/aromatic N) is 1. The highest BCUT2D eigenvalue weighted by atomic mass is 19.2. The third-order valence-corrected chi connectivity index (χ3v) is 3.75. The molecule has 7 heteroatoms. The first-order valence-corrected chi connectivity index (χ1v) is 7.85. The van der Waals surface area contributed by atoms with Crippen LogP contribution in [0.3, 0.4) is 0 Å². The van der Waals surface area contributed by atoms with Crippen molar-refractivity contribution >= 4 is 11.6 Å². The molecule has 26 heavy (non-hydrogen) atoms. The molecule has 0 fully saturated rings. The molecule has 0 unspecified atom stereocenters. The van der Waals surface area contributed by atoms with E-state index in [-0.39, 0.29) is 18.0 Å². The van der Waals surface area contributed by atoms with Gasteiger partial charge in [-0.3, -0.25) is 4.79 Å². The first kappa shape index (κ1) is 17.6. The van der Waals surface area contributed by atoms with Crippen molar-refractivity contribution in [2.45, 2.75) is 20.5 Å². The summed E-state index contributed by atoms with van der Waals surface area (Å²) in [6.45, 7) is 3.69. The van der Waals surface area contributed by atoms with Crippen LogP contribution >= 0.6 is 0 Å². The molecule has 0 saturated heterocycles. The zero-order chi connectivity index (χ0) is 18.7. The molecule has 0 saturated carbocycles. The van der Waals surface area contributed by atoms with Gasteiger partial charge in [-0.15, -0.1) is 0 Å². The van der Waals surface area contributed by atoms with E-state index >= 15 is 0 Å². The summed E-state index contributed by atoms with van der Waals surface area (Å²) < 4.78 is 37.0. The Morgan fingerprint density at radius 3 is 2.69 bits per heavy atom. The van der Waals surface area contributed by atoms with Gasteiger partial charge in [0.25, 0.3) is 5.91 Å². The van der Waals surface area contributed by atoms with Crippen molar-refractivity contribution in [3.63, 3.8) is 0 Å². The number of anilines is 1. The van der Waals surface area contributed by atoms with Crippen LogP contribution in [-0.4, -0.2) is 11.1 Å². The zero-order valence-electron chi connectivity index (χ0n) is 14.2. The number of carbonyl (C=O) groups excluding carboxylic acids is 1. The molecule has 0 aliphatic heterocycles. The van der Waals surface area contributed by atoms with Crippen molar-refractivity contribution in [1.82, 2.24) is 5.16 Å². The van der Waals surface area contributed by atoms with Gasteiger partial charge in [0.15, 0.2) is 17.3 Å². The van der Waals surface area contributed by atoms with Gasteiger partial charge in [0.05, 0.1) is 5.56 Å². The lowest BCUT2D eigenvalue weighted by molar-refractivity contribution is 0.101. The SMILES string of the molecule is Cc1cccc(OCc2c(C(=O)Nc3ccc(F)c(F)c3)noc2C)c1. The summed E-state index contributed by atoms with van der Waals surface area (Å²) in [5.41, 5.74) is 1.66. The third kappa shape index (κ3) is 3.88. The van der Waals surface area contributed by atoms with Crippen molar-refractivity contribution in [3.8, 4) is 5.75 Å². The number of hydrogen-bond acceptors (Lipinski definition) is 4. The van der Waals surface area contributed by atoms with E-state index < -0.39 is 17.5 Å². The van der Waals surface area contributed by atoms with Crippen LogP contribution < -0.4 is 10.1 Å². The molecule has 3 rings (SSSR count). The second-order valence-electron chi connectivity index (χ2n) is 5.75. The van der Waals surface area contributed by atoms with Crippen LogP contribution in [-0.2, 0) is 6.61 Å². The molecule has 2 aromatic carbocycles. The molecular weight excluding hydrogens is 342 g/mol.